The van der Waals surface area contributed by atoms with Crippen molar-refractivity contribution in [3.63, 3.8) is 0 Å². The monoisotopic (exact) mass is 277 g/mol. The maximum absolute atomic E-state index is 12.3. The molecule has 1 N–H and O–H groups in total. The first-order valence-electron chi connectivity index (χ1n) is 6.19. The lowest BCUT2D eigenvalue weighted by molar-refractivity contribution is 0.600. The van der Waals surface area contributed by atoms with E-state index in [4.69, 9.17) is 0 Å². The Bertz CT molecular complexity index is 719. The quantitative estimate of drug-likeness (QED) is 0.929. The van der Waals surface area contributed by atoms with Gasteiger partial charge in [-0.3, -0.25) is 9.40 Å². The van der Waals surface area contributed by atoms with Crippen molar-refractivity contribution >= 4 is 15.8 Å². The molecule has 19 heavy (non-hydrogen) atoms. The summed E-state index contributed by atoms with van der Waals surface area (Å²) in [6, 6.07) is 6.98. The van der Waals surface area contributed by atoms with Crippen LogP contribution in [0.5, 0.6) is 0 Å². The van der Waals surface area contributed by atoms with Crippen molar-refractivity contribution in [2.45, 2.75) is 24.2 Å². The average Bonchev–Trinajstić information content (AvgIpc) is 2.96. The summed E-state index contributed by atoms with van der Waals surface area (Å²) in [6.45, 7) is 0. The Hall–Kier alpha value is -1.82. The molecule has 0 amide bonds. The van der Waals surface area contributed by atoms with Gasteiger partial charge in [0.25, 0.3) is 10.0 Å². The summed E-state index contributed by atoms with van der Waals surface area (Å²) in [6.07, 6.45) is 4.80. The molecule has 6 heteroatoms. The highest BCUT2D eigenvalue weighted by atomic mass is 32.2. The molecule has 0 bridgehead atoms. The third-order valence-electron chi connectivity index (χ3n) is 3.33. The summed E-state index contributed by atoms with van der Waals surface area (Å²) in [7, 11) is -1.80. The Morgan fingerprint density at radius 1 is 1.21 bits per heavy atom. The minimum absolute atomic E-state index is 0.304. The van der Waals surface area contributed by atoms with Crippen LogP contribution < -0.4 is 4.72 Å². The van der Waals surface area contributed by atoms with E-state index in [1.54, 1.807) is 36.1 Å². The number of sulfonamides is 1. The van der Waals surface area contributed by atoms with Crippen molar-refractivity contribution in [1.82, 2.24) is 9.78 Å². The number of anilines is 1. The van der Waals surface area contributed by atoms with Gasteiger partial charge in [0.05, 0.1) is 4.90 Å². The smallest absolute Gasteiger partial charge is 0.263 e. The lowest BCUT2D eigenvalue weighted by atomic mass is 10.1. The predicted octanol–water partition coefficient (Wildman–Crippen LogP) is 1.71. The lowest BCUT2D eigenvalue weighted by Crippen LogP contribution is -2.14. The van der Waals surface area contributed by atoms with Crippen molar-refractivity contribution in [2.24, 2.45) is 7.05 Å². The Kier molecular flexibility index (Phi) is 2.82. The van der Waals surface area contributed by atoms with E-state index in [-0.39, 0.29) is 0 Å². The number of aryl methyl sites for hydroxylation is 3. The first kappa shape index (κ1) is 12.2. The van der Waals surface area contributed by atoms with Gasteiger partial charge in [-0.05, 0) is 42.5 Å². The number of hydrogen-bond donors (Lipinski definition) is 1. The number of aromatic nitrogens is 2. The first-order chi connectivity index (χ1) is 9.04. The molecule has 2 aromatic rings. The molecule has 0 atom stereocenters. The molecule has 1 heterocycles. The Morgan fingerprint density at radius 3 is 2.74 bits per heavy atom. The minimum atomic E-state index is -3.55. The third-order valence-corrected chi connectivity index (χ3v) is 4.69. The van der Waals surface area contributed by atoms with Crippen molar-refractivity contribution in [2.75, 3.05) is 4.72 Å². The Balaban J connectivity index is 1.92. The molecule has 1 aromatic heterocycles. The highest BCUT2D eigenvalue weighted by molar-refractivity contribution is 7.92. The SMILES string of the molecule is Cn1ccc(NS(=O)(=O)c2ccc3c(c2)CCC3)n1. The van der Waals surface area contributed by atoms with Gasteiger partial charge in [-0.1, -0.05) is 6.07 Å². The second-order valence-corrected chi connectivity index (χ2v) is 6.45. The summed E-state index contributed by atoms with van der Waals surface area (Å²) in [4.78, 5) is 0.304. The van der Waals surface area contributed by atoms with Gasteiger partial charge in [0.15, 0.2) is 5.82 Å². The fourth-order valence-electron chi connectivity index (χ4n) is 2.38. The molecular formula is C13H15N3O2S. The van der Waals surface area contributed by atoms with Gasteiger partial charge in [0.1, 0.15) is 0 Å². The van der Waals surface area contributed by atoms with Crippen LogP contribution in [0.2, 0.25) is 0 Å². The van der Waals surface area contributed by atoms with E-state index in [1.165, 1.54) is 5.56 Å². The van der Waals surface area contributed by atoms with Crippen LogP contribution in [0.4, 0.5) is 5.82 Å². The largest absolute Gasteiger partial charge is 0.274 e. The molecule has 3 rings (SSSR count). The lowest BCUT2D eigenvalue weighted by Gasteiger charge is -2.07. The number of nitrogens with one attached hydrogen (secondary N) is 1. The van der Waals surface area contributed by atoms with Gasteiger partial charge in [0, 0.05) is 19.3 Å². The highest BCUT2D eigenvalue weighted by Crippen LogP contribution is 2.25. The number of benzene rings is 1. The Morgan fingerprint density at radius 2 is 2.00 bits per heavy atom. The van der Waals surface area contributed by atoms with E-state index in [2.05, 4.69) is 9.82 Å². The second-order valence-electron chi connectivity index (χ2n) is 4.76. The third kappa shape index (κ3) is 2.35. The molecule has 5 nitrogen and oxygen atoms in total. The van der Waals surface area contributed by atoms with Gasteiger partial charge in [-0.2, -0.15) is 5.10 Å². The first-order valence-corrected chi connectivity index (χ1v) is 7.67. The molecule has 0 spiro atoms. The summed E-state index contributed by atoms with van der Waals surface area (Å²) >= 11 is 0. The van der Waals surface area contributed by atoms with Crippen molar-refractivity contribution in [1.29, 1.82) is 0 Å². The van der Waals surface area contributed by atoms with Crippen molar-refractivity contribution in [3.8, 4) is 0 Å². The topological polar surface area (TPSA) is 64.0 Å². The fraction of sp³-hybridized carbons (Fsp3) is 0.308. The number of nitrogens with zero attached hydrogens (tertiary/aromatic N) is 2. The number of hydrogen-bond acceptors (Lipinski definition) is 3. The molecule has 1 aromatic carbocycles. The van der Waals surface area contributed by atoms with E-state index < -0.39 is 10.0 Å². The molecular weight excluding hydrogens is 262 g/mol. The fourth-order valence-corrected chi connectivity index (χ4v) is 3.43. The molecule has 1 aliphatic carbocycles. The van der Waals surface area contributed by atoms with Gasteiger partial charge < -0.3 is 0 Å². The molecule has 0 saturated carbocycles. The van der Waals surface area contributed by atoms with Crippen LogP contribution in [0.15, 0.2) is 35.4 Å². The predicted molar refractivity (Wildman–Crippen MR) is 72.5 cm³/mol. The van der Waals surface area contributed by atoms with Crippen LogP contribution in [-0.2, 0) is 29.9 Å². The van der Waals surface area contributed by atoms with Crippen molar-refractivity contribution < 1.29 is 8.42 Å². The molecule has 0 fully saturated rings. The number of fused-ring (bicyclic) bond motifs is 1. The summed E-state index contributed by atoms with van der Waals surface area (Å²) in [5.41, 5.74) is 2.40. The zero-order chi connectivity index (χ0) is 13.5. The van der Waals surface area contributed by atoms with E-state index in [0.717, 1.165) is 24.8 Å². The molecule has 0 unspecified atom stereocenters. The average molecular weight is 277 g/mol. The van der Waals surface area contributed by atoms with Gasteiger partial charge >= 0.3 is 0 Å². The standard InChI is InChI=1S/C13H15N3O2S/c1-16-8-7-13(14-16)15-19(17,18)12-6-5-10-3-2-4-11(10)9-12/h5-9H,2-4H2,1H3,(H,14,15). The van der Waals surface area contributed by atoms with E-state index in [9.17, 15) is 8.42 Å². The van der Waals surface area contributed by atoms with Crippen LogP contribution in [0, 0.1) is 0 Å². The van der Waals surface area contributed by atoms with E-state index >= 15 is 0 Å². The van der Waals surface area contributed by atoms with Crippen LogP contribution in [0.25, 0.3) is 0 Å². The highest BCUT2D eigenvalue weighted by Gasteiger charge is 2.19. The van der Waals surface area contributed by atoms with Crippen LogP contribution in [0.3, 0.4) is 0 Å². The minimum Gasteiger partial charge on any atom is -0.274 e. The molecule has 0 saturated heterocycles. The van der Waals surface area contributed by atoms with Crippen LogP contribution >= 0.6 is 0 Å². The summed E-state index contributed by atoms with van der Waals surface area (Å²) in [5.74, 6) is 0.336. The molecule has 100 valence electrons. The zero-order valence-corrected chi connectivity index (χ0v) is 11.4. The molecule has 0 aliphatic heterocycles. The van der Waals surface area contributed by atoms with Gasteiger partial charge in [-0.25, -0.2) is 8.42 Å². The normalized spacial score (nSPS) is 14.4. The van der Waals surface area contributed by atoms with Crippen molar-refractivity contribution in [3.05, 3.63) is 41.6 Å². The Labute approximate surface area is 112 Å². The summed E-state index contributed by atoms with van der Waals surface area (Å²) in [5, 5.41) is 4.02. The molecule has 0 radical (unpaired) electrons. The van der Waals surface area contributed by atoms with E-state index in [0.29, 0.717) is 10.7 Å². The van der Waals surface area contributed by atoms with Gasteiger partial charge in [-0.15, -0.1) is 0 Å². The van der Waals surface area contributed by atoms with Crippen LogP contribution in [0.1, 0.15) is 17.5 Å². The van der Waals surface area contributed by atoms with Crippen LogP contribution in [-0.4, -0.2) is 18.2 Å². The summed E-state index contributed by atoms with van der Waals surface area (Å²) < 4.78 is 28.5. The number of rotatable bonds is 3. The maximum atomic E-state index is 12.3. The zero-order valence-electron chi connectivity index (χ0n) is 10.6. The second kappa shape index (κ2) is 4.38. The van der Waals surface area contributed by atoms with Gasteiger partial charge in [0.2, 0.25) is 0 Å². The van der Waals surface area contributed by atoms with E-state index in [1.807, 2.05) is 6.07 Å². The maximum Gasteiger partial charge on any atom is 0.263 e. The molecule has 1 aliphatic rings.